The second kappa shape index (κ2) is 4.20. The highest BCUT2D eigenvalue weighted by Gasteiger charge is 2.40. The molecular weight excluding hydrogens is 294 g/mol. The van der Waals surface area contributed by atoms with Gasteiger partial charge in [-0.2, -0.15) is 8.42 Å². The summed E-state index contributed by atoms with van der Waals surface area (Å²) in [6, 6.07) is 2.00. The molecule has 0 saturated heterocycles. The molecule has 0 radical (unpaired) electrons. The highest BCUT2D eigenvalue weighted by molar-refractivity contribution is 7.86. The molecule has 21 heavy (non-hydrogen) atoms. The molecule has 0 aromatic heterocycles. The molecule has 3 aliphatic rings. The fourth-order valence-corrected chi connectivity index (χ4v) is 4.35. The minimum absolute atomic E-state index is 0.0247. The molecule has 1 aromatic carbocycles. The molecule has 2 atom stereocenters. The normalized spacial score (nSPS) is 28.9. The first kappa shape index (κ1) is 13.1. The van der Waals surface area contributed by atoms with E-state index in [1.807, 2.05) is 13.0 Å². The van der Waals surface area contributed by atoms with Crippen LogP contribution in [-0.4, -0.2) is 32.8 Å². The van der Waals surface area contributed by atoms with E-state index < -0.39 is 16.0 Å². The van der Waals surface area contributed by atoms with Crippen LogP contribution >= 0.6 is 0 Å². The summed E-state index contributed by atoms with van der Waals surface area (Å²) in [6.07, 6.45) is 0.514. The zero-order valence-corrected chi connectivity index (χ0v) is 12.3. The second-order valence-corrected chi connectivity index (χ2v) is 7.55. The molecular formula is C14H15NO5S. The van der Waals surface area contributed by atoms with Crippen molar-refractivity contribution >= 4 is 21.7 Å². The molecule has 3 aliphatic heterocycles. The highest BCUT2D eigenvalue weighted by atomic mass is 32.2. The summed E-state index contributed by atoms with van der Waals surface area (Å²) in [5.41, 5.74) is 3.63. The standard InChI is InChI=1S/C14H15NO5S/c1-7-4-8-5-9-6-19-21(17,18)3-2-10-11(13(8)20-9)12(7)15-14(10)16/h4,9-10H,2-3,5-6H2,1H3,(H,15,16). The van der Waals surface area contributed by atoms with Gasteiger partial charge in [-0.25, -0.2) is 0 Å². The fourth-order valence-electron chi connectivity index (χ4n) is 3.35. The van der Waals surface area contributed by atoms with Crippen molar-refractivity contribution < 1.29 is 22.1 Å². The summed E-state index contributed by atoms with van der Waals surface area (Å²) in [5, 5.41) is 2.86. The number of amides is 1. The SMILES string of the molecule is Cc1cc2c3c4c1NC(=O)C4CCS(=O)(=O)OCC(C2)O3. The molecule has 0 saturated carbocycles. The Balaban J connectivity index is 1.90. The number of hydrogen-bond donors (Lipinski definition) is 1. The van der Waals surface area contributed by atoms with Crippen molar-refractivity contribution in [3.05, 3.63) is 22.8 Å². The Labute approximate surface area is 122 Å². The molecule has 4 rings (SSSR count). The summed E-state index contributed by atoms with van der Waals surface area (Å²) in [7, 11) is -3.61. The molecule has 2 unspecified atom stereocenters. The molecule has 0 aliphatic carbocycles. The molecule has 1 N–H and O–H groups in total. The van der Waals surface area contributed by atoms with Gasteiger partial charge in [0.05, 0.1) is 17.4 Å². The van der Waals surface area contributed by atoms with Crippen molar-refractivity contribution in [2.24, 2.45) is 0 Å². The van der Waals surface area contributed by atoms with Crippen LogP contribution in [-0.2, 0) is 25.5 Å². The number of carbonyl (C=O) groups is 1. The van der Waals surface area contributed by atoms with E-state index in [1.54, 1.807) is 0 Å². The van der Waals surface area contributed by atoms with Gasteiger partial charge >= 0.3 is 0 Å². The quantitative estimate of drug-likeness (QED) is 0.725. The molecule has 6 nitrogen and oxygen atoms in total. The van der Waals surface area contributed by atoms with Gasteiger partial charge in [0.2, 0.25) is 5.91 Å². The Morgan fingerprint density at radius 1 is 1.38 bits per heavy atom. The van der Waals surface area contributed by atoms with Crippen LogP contribution in [0.5, 0.6) is 5.75 Å². The number of benzene rings is 1. The fraction of sp³-hybridized carbons (Fsp3) is 0.500. The number of ether oxygens (including phenoxy) is 1. The highest BCUT2D eigenvalue weighted by Crippen LogP contribution is 2.48. The van der Waals surface area contributed by atoms with Crippen molar-refractivity contribution in [2.45, 2.75) is 31.8 Å². The molecule has 3 heterocycles. The number of fused-ring (bicyclic) bond motifs is 1. The van der Waals surface area contributed by atoms with E-state index in [-0.39, 0.29) is 30.8 Å². The van der Waals surface area contributed by atoms with Gasteiger partial charge in [-0.05, 0) is 24.5 Å². The van der Waals surface area contributed by atoms with Crippen LogP contribution in [0.4, 0.5) is 5.69 Å². The summed E-state index contributed by atoms with van der Waals surface area (Å²) < 4.78 is 34.6. The third-order valence-corrected chi connectivity index (χ3v) is 5.56. The first-order valence-corrected chi connectivity index (χ1v) is 8.53. The van der Waals surface area contributed by atoms with E-state index in [2.05, 4.69) is 5.32 Å². The lowest BCUT2D eigenvalue weighted by Crippen LogP contribution is -2.26. The molecule has 2 bridgehead atoms. The van der Waals surface area contributed by atoms with E-state index in [4.69, 9.17) is 8.92 Å². The third-order valence-electron chi connectivity index (χ3n) is 4.33. The maximum Gasteiger partial charge on any atom is 0.267 e. The Morgan fingerprint density at radius 3 is 3.00 bits per heavy atom. The number of aryl methyl sites for hydroxylation is 1. The first-order chi connectivity index (χ1) is 9.94. The largest absolute Gasteiger partial charge is 0.487 e. The van der Waals surface area contributed by atoms with Crippen LogP contribution in [0.2, 0.25) is 0 Å². The number of rotatable bonds is 0. The molecule has 1 aromatic rings. The van der Waals surface area contributed by atoms with Gasteiger partial charge in [-0.3, -0.25) is 8.98 Å². The monoisotopic (exact) mass is 309 g/mol. The van der Waals surface area contributed by atoms with Gasteiger partial charge in [0, 0.05) is 12.0 Å². The van der Waals surface area contributed by atoms with Gasteiger partial charge in [0.15, 0.2) is 0 Å². The molecule has 0 spiro atoms. The maximum absolute atomic E-state index is 12.2. The van der Waals surface area contributed by atoms with Crippen LogP contribution < -0.4 is 10.1 Å². The van der Waals surface area contributed by atoms with E-state index in [9.17, 15) is 13.2 Å². The van der Waals surface area contributed by atoms with Gasteiger partial charge in [0.25, 0.3) is 10.1 Å². The maximum atomic E-state index is 12.2. The average molecular weight is 309 g/mol. The number of carbonyl (C=O) groups excluding carboxylic acids is 1. The van der Waals surface area contributed by atoms with E-state index in [1.165, 1.54) is 0 Å². The molecule has 112 valence electrons. The predicted molar refractivity (Wildman–Crippen MR) is 75.0 cm³/mol. The minimum Gasteiger partial charge on any atom is -0.487 e. The van der Waals surface area contributed by atoms with Crippen LogP contribution in [0, 0.1) is 6.92 Å². The zero-order valence-electron chi connectivity index (χ0n) is 11.5. The number of hydrogen-bond acceptors (Lipinski definition) is 5. The summed E-state index contributed by atoms with van der Waals surface area (Å²) in [5.74, 6) is -0.0556. The average Bonchev–Trinajstić information content (AvgIpc) is 2.95. The predicted octanol–water partition coefficient (Wildman–Crippen LogP) is 1.08. The van der Waals surface area contributed by atoms with Gasteiger partial charge in [-0.1, -0.05) is 6.07 Å². The zero-order chi connectivity index (χ0) is 14.8. The van der Waals surface area contributed by atoms with Gasteiger partial charge in [-0.15, -0.1) is 0 Å². The van der Waals surface area contributed by atoms with Crippen molar-refractivity contribution in [3.8, 4) is 5.75 Å². The lowest BCUT2D eigenvalue weighted by molar-refractivity contribution is -0.117. The van der Waals surface area contributed by atoms with Crippen molar-refractivity contribution in [2.75, 3.05) is 17.7 Å². The van der Waals surface area contributed by atoms with Gasteiger partial charge < -0.3 is 10.1 Å². The molecule has 0 fully saturated rings. The summed E-state index contributed by atoms with van der Waals surface area (Å²) in [4.78, 5) is 12.2. The molecule has 1 amide bonds. The lowest BCUT2D eigenvalue weighted by Gasteiger charge is -2.17. The van der Waals surface area contributed by atoms with Crippen LogP contribution in [0.25, 0.3) is 0 Å². The smallest absolute Gasteiger partial charge is 0.267 e. The third kappa shape index (κ3) is 1.95. The summed E-state index contributed by atoms with van der Waals surface area (Å²) in [6.45, 7) is 1.97. The first-order valence-electron chi connectivity index (χ1n) is 6.95. The molecule has 7 heteroatoms. The Morgan fingerprint density at radius 2 is 2.19 bits per heavy atom. The summed E-state index contributed by atoms with van der Waals surface area (Å²) >= 11 is 0. The minimum atomic E-state index is -3.61. The van der Waals surface area contributed by atoms with Crippen molar-refractivity contribution in [3.63, 3.8) is 0 Å². The van der Waals surface area contributed by atoms with E-state index in [0.717, 1.165) is 28.1 Å². The van der Waals surface area contributed by atoms with Crippen LogP contribution in [0.1, 0.15) is 29.0 Å². The van der Waals surface area contributed by atoms with Crippen molar-refractivity contribution in [1.29, 1.82) is 0 Å². The Hall–Kier alpha value is -1.60. The Bertz CT molecular complexity index is 755. The van der Waals surface area contributed by atoms with Crippen molar-refractivity contribution in [1.82, 2.24) is 0 Å². The van der Waals surface area contributed by atoms with Crippen LogP contribution in [0.15, 0.2) is 6.07 Å². The van der Waals surface area contributed by atoms with E-state index >= 15 is 0 Å². The lowest BCUT2D eigenvalue weighted by atomic mass is 9.92. The van der Waals surface area contributed by atoms with Gasteiger partial charge in [0.1, 0.15) is 18.5 Å². The topological polar surface area (TPSA) is 81.7 Å². The second-order valence-electron chi connectivity index (χ2n) is 5.79. The van der Waals surface area contributed by atoms with Crippen LogP contribution in [0.3, 0.4) is 0 Å². The van der Waals surface area contributed by atoms with E-state index in [0.29, 0.717) is 6.42 Å². The number of anilines is 1. The number of nitrogens with one attached hydrogen (secondary N) is 1. The Kier molecular flexibility index (Phi) is 2.62.